The van der Waals surface area contributed by atoms with Crippen molar-refractivity contribution in [3.05, 3.63) is 59.9 Å². The number of benzene rings is 2. The normalized spacial score (nSPS) is 16.3. The first-order valence-corrected chi connectivity index (χ1v) is 15.6. The van der Waals surface area contributed by atoms with Crippen LogP contribution in [0, 0.1) is 0 Å². The third-order valence-electron chi connectivity index (χ3n) is 6.44. The Labute approximate surface area is 191 Å². The fourth-order valence-corrected chi connectivity index (χ4v) is 4.77. The second-order valence-corrected chi connectivity index (χ2v) is 16.2. The molecule has 0 atom stereocenters. The van der Waals surface area contributed by atoms with E-state index in [4.69, 9.17) is 4.74 Å². The van der Waals surface area contributed by atoms with Crippen molar-refractivity contribution in [2.24, 2.45) is 0 Å². The largest absolute Gasteiger partial charge is 0.360 e. The molecule has 0 radical (unpaired) electrons. The predicted octanol–water partition coefficient (Wildman–Crippen LogP) is 6.67. The molecule has 0 saturated heterocycles. The number of ether oxygens (including phenoxy) is 1. The molecule has 1 N–H and O–H groups in total. The van der Waals surface area contributed by atoms with Crippen LogP contribution in [0.4, 0.5) is 0 Å². The van der Waals surface area contributed by atoms with Gasteiger partial charge in [0.05, 0.1) is 23.4 Å². The second kappa shape index (κ2) is 8.83. The molecule has 6 rings (SSSR count). The zero-order valence-electron chi connectivity index (χ0n) is 19.5. The van der Waals surface area contributed by atoms with Gasteiger partial charge in [0.15, 0.2) is 0 Å². The van der Waals surface area contributed by atoms with E-state index in [1.54, 1.807) is 0 Å². The highest BCUT2D eigenvalue weighted by Crippen LogP contribution is 2.41. The maximum Gasteiger partial charge on any atom is 0.139 e. The summed E-state index contributed by atoms with van der Waals surface area (Å²) in [5.74, 6) is 1.62. The summed E-state index contributed by atoms with van der Waals surface area (Å²) in [6.45, 7) is 8.55. The number of hydrogen-bond donors (Lipinski definition) is 1. The van der Waals surface area contributed by atoms with Gasteiger partial charge in [0.1, 0.15) is 6.73 Å². The number of aromatic amines is 1. The van der Waals surface area contributed by atoms with E-state index in [1.807, 2.05) is 17.1 Å². The van der Waals surface area contributed by atoms with Gasteiger partial charge < -0.3 is 4.74 Å². The molecule has 2 aromatic carbocycles. The van der Waals surface area contributed by atoms with Crippen molar-refractivity contribution in [2.75, 3.05) is 6.61 Å². The highest BCUT2D eigenvalue weighted by molar-refractivity contribution is 6.76. The van der Waals surface area contributed by atoms with Gasteiger partial charge in [-0.2, -0.15) is 10.2 Å². The summed E-state index contributed by atoms with van der Waals surface area (Å²) >= 11 is 0. The fraction of sp³-hybridized carbons (Fsp3) is 0.462. The van der Waals surface area contributed by atoms with Crippen LogP contribution in [-0.4, -0.2) is 34.7 Å². The Bertz CT molecular complexity index is 1200. The second-order valence-electron chi connectivity index (χ2n) is 10.6. The topological polar surface area (TPSA) is 55.7 Å². The Balaban J connectivity index is 0.000000152. The van der Waals surface area contributed by atoms with Gasteiger partial charge in [-0.15, -0.1) is 0 Å². The van der Waals surface area contributed by atoms with Crippen LogP contribution in [-0.2, 0) is 11.5 Å². The van der Waals surface area contributed by atoms with Gasteiger partial charge in [0.2, 0.25) is 0 Å². The summed E-state index contributed by atoms with van der Waals surface area (Å²) < 4.78 is 7.80. The summed E-state index contributed by atoms with van der Waals surface area (Å²) in [5, 5.41) is 13.9. The molecule has 2 aromatic heterocycles. The van der Waals surface area contributed by atoms with Crippen LogP contribution in [0.2, 0.25) is 25.7 Å². The van der Waals surface area contributed by atoms with Crippen molar-refractivity contribution >= 4 is 29.9 Å². The van der Waals surface area contributed by atoms with Gasteiger partial charge >= 0.3 is 0 Å². The zero-order valence-corrected chi connectivity index (χ0v) is 20.5. The van der Waals surface area contributed by atoms with Crippen LogP contribution < -0.4 is 0 Å². The van der Waals surface area contributed by atoms with Gasteiger partial charge in [-0.05, 0) is 66.8 Å². The average Bonchev–Trinajstić information content (AvgIpc) is 3.70. The highest BCUT2D eigenvalue weighted by Gasteiger charge is 2.24. The predicted molar refractivity (Wildman–Crippen MR) is 134 cm³/mol. The van der Waals surface area contributed by atoms with E-state index >= 15 is 0 Å². The van der Waals surface area contributed by atoms with Crippen molar-refractivity contribution in [2.45, 2.75) is 69.9 Å². The fourth-order valence-electron chi connectivity index (χ4n) is 4.02. The standard InChI is InChI=1S/C16H24N2OSi.C10H10N2/c1-20(2,3)9-8-19-12-18-16-10-14(13-4-5-13)6-7-15(16)11-17-18;1-2-7(1)8-3-4-9-6-11-12-10(9)5-8/h6-7,10-11,13H,4-5,8-9,12H2,1-3H3;3-7H,1-2H2,(H,11,12). The minimum atomic E-state index is -1.00. The molecule has 32 heavy (non-hydrogen) atoms. The molecular formula is C26H34N4OSi. The van der Waals surface area contributed by atoms with Crippen LogP contribution in [0.1, 0.15) is 48.6 Å². The van der Waals surface area contributed by atoms with Crippen LogP contribution in [0.15, 0.2) is 48.8 Å². The third kappa shape index (κ3) is 5.30. The molecule has 5 nitrogen and oxygen atoms in total. The van der Waals surface area contributed by atoms with E-state index in [0.29, 0.717) is 6.73 Å². The number of nitrogens with one attached hydrogen (secondary N) is 1. The molecule has 0 unspecified atom stereocenters. The van der Waals surface area contributed by atoms with Crippen molar-refractivity contribution in [1.82, 2.24) is 20.0 Å². The van der Waals surface area contributed by atoms with Crippen molar-refractivity contribution in [3.63, 3.8) is 0 Å². The third-order valence-corrected chi connectivity index (χ3v) is 8.15. The molecule has 0 aliphatic heterocycles. The number of H-pyrrole nitrogens is 1. The zero-order chi connectivity index (χ0) is 22.1. The van der Waals surface area contributed by atoms with E-state index < -0.39 is 8.07 Å². The average molecular weight is 447 g/mol. The number of rotatable bonds is 7. The summed E-state index contributed by atoms with van der Waals surface area (Å²) in [4.78, 5) is 0. The molecule has 4 aromatic rings. The summed E-state index contributed by atoms with van der Waals surface area (Å²) in [5.41, 5.74) is 5.30. The Kier molecular flexibility index (Phi) is 5.91. The maximum atomic E-state index is 5.81. The SMILES string of the molecule is C[Si](C)(C)CCOCn1ncc2ccc(C3CC3)cc21.c1cc2cn[nH]c2cc1C1CC1. The van der Waals surface area contributed by atoms with Gasteiger partial charge in [0, 0.05) is 25.5 Å². The minimum Gasteiger partial charge on any atom is -0.360 e. The van der Waals surface area contributed by atoms with Gasteiger partial charge in [-0.25, -0.2) is 4.68 Å². The van der Waals surface area contributed by atoms with Gasteiger partial charge in [0.25, 0.3) is 0 Å². The summed E-state index contributed by atoms with van der Waals surface area (Å²) in [6, 6.07) is 14.5. The molecular weight excluding hydrogens is 412 g/mol. The molecule has 2 heterocycles. The molecule has 2 aliphatic carbocycles. The van der Waals surface area contributed by atoms with Gasteiger partial charge in [-0.3, -0.25) is 5.10 Å². The maximum absolute atomic E-state index is 5.81. The summed E-state index contributed by atoms with van der Waals surface area (Å²) in [6.07, 6.45) is 9.21. The lowest BCUT2D eigenvalue weighted by Crippen LogP contribution is -2.22. The van der Waals surface area contributed by atoms with Crippen LogP contribution in [0.25, 0.3) is 21.8 Å². The molecule has 0 spiro atoms. The smallest absolute Gasteiger partial charge is 0.139 e. The van der Waals surface area contributed by atoms with Crippen molar-refractivity contribution in [3.8, 4) is 0 Å². The van der Waals surface area contributed by atoms with Crippen LogP contribution in [0.5, 0.6) is 0 Å². The first-order chi connectivity index (χ1) is 15.5. The van der Waals surface area contributed by atoms with E-state index in [9.17, 15) is 0 Å². The van der Waals surface area contributed by atoms with E-state index in [-0.39, 0.29) is 0 Å². The number of nitrogens with zero attached hydrogens (tertiary/aromatic N) is 3. The van der Waals surface area contributed by atoms with E-state index in [2.05, 4.69) is 71.3 Å². The molecule has 0 bridgehead atoms. The number of fused-ring (bicyclic) bond motifs is 2. The van der Waals surface area contributed by atoms with E-state index in [0.717, 1.165) is 18.4 Å². The quantitative estimate of drug-likeness (QED) is 0.255. The molecule has 2 aliphatic rings. The lowest BCUT2D eigenvalue weighted by molar-refractivity contribution is 0.0817. The van der Waals surface area contributed by atoms with Gasteiger partial charge in [-0.1, -0.05) is 43.9 Å². The van der Waals surface area contributed by atoms with Crippen molar-refractivity contribution < 1.29 is 4.74 Å². The van der Waals surface area contributed by atoms with Crippen LogP contribution >= 0.6 is 0 Å². The molecule has 6 heteroatoms. The Morgan fingerprint density at radius 3 is 2.31 bits per heavy atom. The first-order valence-electron chi connectivity index (χ1n) is 11.9. The highest BCUT2D eigenvalue weighted by atomic mass is 28.3. The minimum absolute atomic E-state index is 0.572. The van der Waals surface area contributed by atoms with Crippen molar-refractivity contribution in [1.29, 1.82) is 0 Å². The summed E-state index contributed by atoms with van der Waals surface area (Å²) in [7, 11) is -1.00. The number of aromatic nitrogens is 4. The Morgan fingerprint density at radius 2 is 1.62 bits per heavy atom. The Morgan fingerprint density at radius 1 is 0.938 bits per heavy atom. The Hall–Kier alpha value is -2.44. The van der Waals surface area contributed by atoms with Crippen LogP contribution in [0.3, 0.4) is 0 Å². The van der Waals surface area contributed by atoms with E-state index in [1.165, 1.54) is 64.7 Å². The molecule has 0 amide bonds. The first kappa shape index (κ1) is 21.4. The molecule has 2 fully saturated rings. The lowest BCUT2D eigenvalue weighted by atomic mass is 10.1. The molecule has 2 saturated carbocycles. The lowest BCUT2D eigenvalue weighted by Gasteiger charge is -2.15. The number of hydrogen-bond acceptors (Lipinski definition) is 3. The monoisotopic (exact) mass is 446 g/mol. The molecule has 168 valence electrons.